The minimum absolute atomic E-state index is 0.120. The van der Waals surface area contributed by atoms with Gasteiger partial charge in [0.25, 0.3) is 0 Å². The molecule has 1 aliphatic heterocycles. The Hall–Kier alpha value is -0.280. The van der Waals surface area contributed by atoms with Crippen molar-refractivity contribution in [1.82, 2.24) is 4.90 Å². The maximum atomic E-state index is 11.7. The summed E-state index contributed by atoms with van der Waals surface area (Å²) >= 11 is 6.06. The lowest BCUT2D eigenvalue weighted by Gasteiger charge is -2.33. The second kappa shape index (κ2) is 7.13. The SMILES string of the molecule is CCCOCC(=O)N1CCC(C(C)Cl)CC1. The minimum Gasteiger partial charge on any atom is -0.372 e. The lowest BCUT2D eigenvalue weighted by molar-refractivity contribution is -0.137. The first kappa shape index (κ1) is 13.8. The number of carbonyl (C=O) groups is 1. The Balaban J connectivity index is 2.22. The average Bonchev–Trinajstić information content (AvgIpc) is 2.29. The Labute approximate surface area is 103 Å². The zero-order valence-electron chi connectivity index (χ0n) is 10.2. The molecule has 1 rings (SSSR count). The van der Waals surface area contributed by atoms with Gasteiger partial charge >= 0.3 is 0 Å². The summed E-state index contributed by atoms with van der Waals surface area (Å²) in [5.74, 6) is 0.677. The molecule has 1 saturated heterocycles. The Morgan fingerprint density at radius 2 is 2.12 bits per heavy atom. The van der Waals surface area contributed by atoms with E-state index >= 15 is 0 Å². The van der Waals surface area contributed by atoms with Gasteiger partial charge in [-0.3, -0.25) is 4.79 Å². The van der Waals surface area contributed by atoms with Gasteiger partial charge in [-0.2, -0.15) is 0 Å². The molecule has 0 aromatic rings. The molecule has 1 heterocycles. The predicted molar refractivity (Wildman–Crippen MR) is 65.7 cm³/mol. The number of likely N-dealkylation sites (tertiary alicyclic amines) is 1. The maximum absolute atomic E-state index is 11.7. The van der Waals surface area contributed by atoms with Crippen LogP contribution in [-0.4, -0.2) is 42.5 Å². The van der Waals surface area contributed by atoms with Crippen LogP contribution >= 0.6 is 11.6 Å². The Morgan fingerprint density at radius 3 is 2.62 bits per heavy atom. The van der Waals surface area contributed by atoms with E-state index in [0.29, 0.717) is 12.5 Å². The Morgan fingerprint density at radius 1 is 1.50 bits per heavy atom. The number of halogens is 1. The van der Waals surface area contributed by atoms with Gasteiger partial charge in [0.2, 0.25) is 5.91 Å². The molecule has 1 atom stereocenters. The molecule has 0 aromatic heterocycles. The van der Waals surface area contributed by atoms with E-state index in [4.69, 9.17) is 16.3 Å². The monoisotopic (exact) mass is 247 g/mol. The van der Waals surface area contributed by atoms with Crippen LogP contribution in [0.4, 0.5) is 0 Å². The first-order chi connectivity index (χ1) is 7.65. The molecule has 0 bridgehead atoms. The summed E-state index contributed by atoms with van der Waals surface area (Å²) in [5, 5.41) is 0.216. The van der Waals surface area contributed by atoms with Crippen molar-refractivity contribution in [3.05, 3.63) is 0 Å². The van der Waals surface area contributed by atoms with Gasteiger partial charge in [-0.25, -0.2) is 0 Å². The third-order valence-corrected chi connectivity index (χ3v) is 3.47. The van der Waals surface area contributed by atoms with Crippen molar-refractivity contribution >= 4 is 17.5 Å². The quantitative estimate of drug-likeness (QED) is 0.551. The third-order valence-electron chi connectivity index (χ3n) is 3.12. The van der Waals surface area contributed by atoms with E-state index < -0.39 is 0 Å². The van der Waals surface area contributed by atoms with Gasteiger partial charge < -0.3 is 9.64 Å². The number of carbonyl (C=O) groups excluding carboxylic acids is 1. The summed E-state index contributed by atoms with van der Waals surface area (Å²) in [6.45, 7) is 6.63. The van der Waals surface area contributed by atoms with Gasteiger partial charge in [-0.15, -0.1) is 11.6 Å². The predicted octanol–water partition coefficient (Wildman–Crippen LogP) is 2.28. The van der Waals surface area contributed by atoms with Crippen molar-refractivity contribution in [1.29, 1.82) is 0 Å². The molecule has 0 saturated carbocycles. The summed E-state index contributed by atoms with van der Waals surface area (Å²) in [4.78, 5) is 13.6. The summed E-state index contributed by atoms with van der Waals surface area (Å²) in [7, 11) is 0. The minimum atomic E-state index is 0.120. The molecule has 0 N–H and O–H groups in total. The summed E-state index contributed by atoms with van der Waals surface area (Å²) < 4.78 is 5.25. The summed E-state index contributed by atoms with van der Waals surface area (Å²) in [6.07, 6.45) is 2.99. The van der Waals surface area contributed by atoms with E-state index in [1.54, 1.807) is 0 Å². The molecule has 1 fully saturated rings. The number of nitrogens with zero attached hydrogens (tertiary/aromatic N) is 1. The number of piperidine rings is 1. The van der Waals surface area contributed by atoms with E-state index in [1.165, 1.54) is 0 Å². The number of hydrogen-bond acceptors (Lipinski definition) is 2. The first-order valence-electron chi connectivity index (χ1n) is 6.14. The molecule has 1 aliphatic rings. The standard InChI is InChI=1S/C12H22ClNO2/c1-3-8-16-9-12(15)14-6-4-11(5-7-14)10(2)13/h10-11H,3-9H2,1-2H3. The Kier molecular flexibility index (Phi) is 6.14. The highest BCUT2D eigenvalue weighted by Gasteiger charge is 2.25. The topological polar surface area (TPSA) is 29.5 Å². The fraction of sp³-hybridized carbons (Fsp3) is 0.917. The molecule has 16 heavy (non-hydrogen) atoms. The van der Waals surface area contributed by atoms with Crippen LogP contribution in [0.25, 0.3) is 0 Å². The van der Waals surface area contributed by atoms with Crippen molar-refractivity contribution in [2.24, 2.45) is 5.92 Å². The van der Waals surface area contributed by atoms with E-state index in [1.807, 2.05) is 18.7 Å². The van der Waals surface area contributed by atoms with Crippen molar-refractivity contribution in [2.75, 3.05) is 26.3 Å². The maximum Gasteiger partial charge on any atom is 0.248 e. The highest BCUT2D eigenvalue weighted by atomic mass is 35.5. The van der Waals surface area contributed by atoms with E-state index in [9.17, 15) is 4.79 Å². The van der Waals surface area contributed by atoms with Crippen LogP contribution in [0.15, 0.2) is 0 Å². The molecule has 0 spiro atoms. The van der Waals surface area contributed by atoms with E-state index in [0.717, 1.165) is 32.4 Å². The van der Waals surface area contributed by atoms with Gasteiger partial charge in [0.1, 0.15) is 6.61 Å². The van der Waals surface area contributed by atoms with Crippen LogP contribution in [0.5, 0.6) is 0 Å². The molecule has 1 amide bonds. The molecule has 0 aromatic carbocycles. The lowest BCUT2D eigenvalue weighted by atomic mass is 9.94. The van der Waals surface area contributed by atoms with Crippen LogP contribution < -0.4 is 0 Å². The van der Waals surface area contributed by atoms with Crippen LogP contribution in [0, 0.1) is 5.92 Å². The lowest BCUT2D eigenvalue weighted by Crippen LogP contribution is -2.41. The second-order valence-corrected chi connectivity index (χ2v) is 5.14. The smallest absolute Gasteiger partial charge is 0.248 e. The molecular weight excluding hydrogens is 226 g/mol. The zero-order chi connectivity index (χ0) is 12.0. The first-order valence-corrected chi connectivity index (χ1v) is 6.58. The van der Waals surface area contributed by atoms with Crippen LogP contribution in [0.2, 0.25) is 0 Å². The number of amides is 1. The van der Waals surface area contributed by atoms with Crippen molar-refractivity contribution in [3.8, 4) is 0 Å². The van der Waals surface area contributed by atoms with Crippen LogP contribution in [0.1, 0.15) is 33.1 Å². The molecule has 94 valence electrons. The fourth-order valence-electron chi connectivity index (χ4n) is 2.00. The molecule has 1 unspecified atom stereocenters. The molecule has 0 radical (unpaired) electrons. The second-order valence-electron chi connectivity index (χ2n) is 4.45. The molecule has 4 heteroatoms. The number of ether oxygens (including phenoxy) is 1. The highest BCUT2D eigenvalue weighted by molar-refractivity contribution is 6.20. The van der Waals surface area contributed by atoms with E-state index in [2.05, 4.69) is 0 Å². The number of rotatable bonds is 5. The normalized spacial score (nSPS) is 19.8. The zero-order valence-corrected chi connectivity index (χ0v) is 11.0. The van der Waals surface area contributed by atoms with Crippen molar-refractivity contribution in [3.63, 3.8) is 0 Å². The molecule has 0 aliphatic carbocycles. The van der Waals surface area contributed by atoms with Gasteiger partial charge in [-0.1, -0.05) is 6.92 Å². The van der Waals surface area contributed by atoms with Crippen molar-refractivity contribution < 1.29 is 9.53 Å². The number of alkyl halides is 1. The van der Waals surface area contributed by atoms with Gasteiger partial charge in [0.05, 0.1) is 0 Å². The average molecular weight is 248 g/mol. The van der Waals surface area contributed by atoms with Gasteiger partial charge in [0.15, 0.2) is 0 Å². The van der Waals surface area contributed by atoms with Gasteiger partial charge in [0, 0.05) is 25.1 Å². The van der Waals surface area contributed by atoms with Crippen LogP contribution in [-0.2, 0) is 9.53 Å². The summed E-state index contributed by atoms with van der Waals surface area (Å²) in [5.41, 5.74) is 0. The van der Waals surface area contributed by atoms with Gasteiger partial charge in [-0.05, 0) is 32.1 Å². The largest absolute Gasteiger partial charge is 0.372 e. The molecule has 3 nitrogen and oxygen atoms in total. The van der Waals surface area contributed by atoms with Crippen molar-refractivity contribution in [2.45, 2.75) is 38.5 Å². The molecular formula is C12H22ClNO2. The third kappa shape index (κ3) is 4.30. The fourth-order valence-corrected chi connectivity index (χ4v) is 2.26. The summed E-state index contributed by atoms with van der Waals surface area (Å²) in [6, 6.07) is 0. The van der Waals surface area contributed by atoms with Crippen LogP contribution in [0.3, 0.4) is 0 Å². The number of hydrogen-bond donors (Lipinski definition) is 0. The Bertz CT molecular complexity index is 213. The van der Waals surface area contributed by atoms with E-state index in [-0.39, 0.29) is 17.9 Å². The highest BCUT2D eigenvalue weighted by Crippen LogP contribution is 2.23.